The monoisotopic (exact) mass is 487 g/mol. The normalized spacial score (nSPS) is 39.5. The fourth-order valence-electron chi connectivity index (χ4n) is 9.29. The van der Waals surface area contributed by atoms with Gasteiger partial charge in [0.05, 0.1) is 19.3 Å². The highest BCUT2D eigenvalue weighted by molar-refractivity contribution is 5.68. The molecule has 0 heterocycles. The minimum absolute atomic E-state index is 0.0119. The molecule has 4 nitrogen and oxygen atoms in total. The molecular formula is C31H53NO3. The van der Waals surface area contributed by atoms with E-state index in [0.29, 0.717) is 30.1 Å². The van der Waals surface area contributed by atoms with E-state index >= 15 is 0 Å². The average Bonchev–Trinajstić information content (AvgIpc) is 3.15. The Morgan fingerprint density at radius 2 is 1.91 bits per heavy atom. The van der Waals surface area contributed by atoms with Gasteiger partial charge < -0.3 is 15.2 Å². The van der Waals surface area contributed by atoms with Crippen LogP contribution < -0.4 is 5.32 Å². The zero-order chi connectivity index (χ0) is 25.2. The molecular weight excluding hydrogens is 434 g/mol. The van der Waals surface area contributed by atoms with Crippen molar-refractivity contribution in [2.75, 3.05) is 19.7 Å². The fourth-order valence-corrected chi connectivity index (χ4v) is 9.29. The topological polar surface area (TPSA) is 58.6 Å². The third kappa shape index (κ3) is 5.69. The van der Waals surface area contributed by atoms with Crippen molar-refractivity contribution < 1.29 is 14.6 Å². The summed E-state index contributed by atoms with van der Waals surface area (Å²) in [6.45, 7) is 13.8. The van der Waals surface area contributed by atoms with Crippen molar-refractivity contribution in [2.45, 2.75) is 111 Å². The maximum atomic E-state index is 10.7. The number of hydrogen-bond acceptors (Lipinski definition) is 3. The summed E-state index contributed by atoms with van der Waals surface area (Å²) in [5.41, 5.74) is 2.60. The Kier molecular flexibility index (Phi) is 8.74. The Hall–Kier alpha value is -0.870. The molecule has 4 heteroatoms. The van der Waals surface area contributed by atoms with Gasteiger partial charge in [-0.3, -0.25) is 4.79 Å². The van der Waals surface area contributed by atoms with Gasteiger partial charge in [-0.25, -0.2) is 0 Å². The van der Waals surface area contributed by atoms with Crippen LogP contribution in [0.2, 0.25) is 0 Å². The van der Waals surface area contributed by atoms with Crippen LogP contribution in [-0.4, -0.2) is 36.9 Å². The molecule has 0 aromatic heterocycles. The maximum absolute atomic E-state index is 10.7. The lowest BCUT2D eigenvalue weighted by atomic mass is 9.47. The minimum Gasteiger partial charge on any atom is -0.480 e. The van der Waals surface area contributed by atoms with Crippen LogP contribution in [0.25, 0.3) is 0 Å². The van der Waals surface area contributed by atoms with Crippen LogP contribution in [0.15, 0.2) is 11.6 Å². The van der Waals surface area contributed by atoms with Gasteiger partial charge in [0.1, 0.15) is 0 Å². The molecule has 0 aromatic rings. The van der Waals surface area contributed by atoms with Crippen molar-refractivity contribution in [2.24, 2.45) is 46.3 Å². The van der Waals surface area contributed by atoms with E-state index in [4.69, 9.17) is 9.84 Å². The zero-order valence-corrected chi connectivity index (χ0v) is 23.3. The summed E-state index contributed by atoms with van der Waals surface area (Å²) >= 11 is 0. The lowest BCUT2D eigenvalue weighted by molar-refractivity contribution is -0.136. The van der Waals surface area contributed by atoms with Crippen molar-refractivity contribution in [3.05, 3.63) is 11.6 Å². The summed E-state index contributed by atoms with van der Waals surface area (Å²) in [7, 11) is 0. The van der Waals surface area contributed by atoms with Crippen LogP contribution >= 0.6 is 0 Å². The molecule has 3 fully saturated rings. The number of ether oxygens (including phenoxy) is 1. The van der Waals surface area contributed by atoms with E-state index in [-0.39, 0.29) is 6.54 Å². The lowest BCUT2D eigenvalue weighted by Crippen LogP contribution is -2.51. The van der Waals surface area contributed by atoms with Crippen LogP contribution in [-0.2, 0) is 9.53 Å². The second-order valence-electron chi connectivity index (χ2n) is 13.6. The van der Waals surface area contributed by atoms with E-state index in [1.807, 2.05) is 0 Å². The van der Waals surface area contributed by atoms with Gasteiger partial charge in [0.2, 0.25) is 0 Å². The third-order valence-corrected chi connectivity index (χ3v) is 11.2. The molecule has 0 amide bonds. The summed E-state index contributed by atoms with van der Waals surface area (Å²) in [4.78, 5) is 10.7. The van der Waals surface area contributed by atoms with E-state index in [1.54, 1.807) is 5.57 Å². The Morgan fingerprint density at radius 3 is 2.66 bits per heavy atom. The van der Waals surface area contributed by atoms with Crippen molar-refractivity contribution in [1.29, 1.82) is 0 Å². The number of carbonyl (C=O) groups is 1. The molecule has 0 bridgehead atoms. The zero-order valence-electron chi connectivity index (χ0n) is 23.3. The summed E-state index contributed by atoms with van der Waals surface area (Å²) in [5.74, 6) is 4.49. The molecule has 4 rings (SSSR count). The Balaban J connectivity index is 1.36. The van der Waals surface area contributed by atoms with Gasteiger partial charge in [-0.15, -0.1) is 0 Å². The number of allylic oxidation sites excluding steroid dienone is 1. The van der Waals surface area contributed by atoms with Crippen LogP contribution in [0.5, 0.6) is 0 Å². The smallest absolute Gasteiger partial charge is 0.317 e. The fraction of sp³-hybridized carbons (Fsp3) is 0.903. The Bertz CT molecular complexity index is 762. The highest BCUT2D eigenvalue weighted by Gasteiger charge is 2.59. The maximum Gasteiger partial charge on any atom is 0.317 e. The number of nitrogens with one attached hydrogen (secondary N) is 1. The van der Waals surface area contributed by atoms with Gasteiger partial charge in [-0.2, -0.15) is 0 Å². The molecule has 4 aliphatic rings. The van der Waals surface area contributed by atoms with Gasteiger partial charge in [0.25, 0.3) is 0 Å². The van der Waals surface area contributed by atoms with E-state index in [1.165, 1.54) is 57.8 Å². The van der Waals surface area contributed by atoms with E-state index in [0.717, 1.165) is 48.3 Å². The lowest BCUT2D eigenvalue weighted by Gasteiger charge is -2.58. The summed E-state index contributed by atoms with van der Waals surface area (Å²) in [5, 5.41) is 11.7. The third-order valence-electron chi connectivity index (χ3n) is 11.2. The predicted octanol–water partition coefficient (Wildman–Crippen LogP) is 7.09. The average molecular weight is 488 g/mol. The molecule has 200 valence electrons. The Labute approximate surface area is 215 Å². The highest BCUT2D eigenvalue weighted by Crippen LogP contribution is 2.67. The number of rotatable bonds is 11. The molecule has 0 aromatic carbocycles. The minimum atomic E-state index is -0.807. The van der Waals surface area contributed by atoms with Crippen molar-refractivity contribution in [3.63, 3.8) is 0 Å². The summed E-state index contributed by atoms with van der Waals surface area (Å²) in [6, 6.07) is 0. The first kappa shape index (κ1) is 27.2. The van der Waals surface area contributed by atoms with Gasteiger partial charge in [-0.05, 0) is 97.7 Å². The van der Waals surface area contributed by atoms with E-state index in [2.05, 4.69) is 46.0 Å². The molecule has 8 unspecified atom stereocenters. The first-order valence-electron chi connectivity index (χ1n) is 14.9. The summed E-state index contributed by atoms with van der Waals surface area (Å²) in [6.07, 6.45) is 17.7. The van der Waals surface area contributed by atoms with E-state index < -0.39 is 5.97 Å². The number of aliphatic carboxylic acids is 1. The second kappa shape index (κ2) is 11.3. The van der Waals surface area contributed by atoms with Crippen molar-refractivity contribution >= 4 is 5.97 Å². The molecule has 0 spiro atoms. The van der Waals surface area contributed by atoms with Gasteiger partial charge in [0, 0.05) is 6.54 Å². The summed E-state index contributed by atoms with van der Waals surface area (Å²) < 4.78 is 6.17. The molecule has 2 N–H and O–H groups in total. The molecule has 0 radical (unpaired) electrons. The van der Waals surface area contributed by atoms with E-state index in [9.17, 15) is 4.79 Å². The number of hydrogen-bond donors (Lipinski definition) is 2. The largest absolute Gasteiger partial charge is 0.480 e. The van der Waals surface area contributed by atoms with Crippen LogP contribution in [0.3, 0.4) is 0 Å². The highest BCUT2D eigenvalue weighted by atomic mass is 16.5. The number of carboxylic acids is 1. The molecule has 35 heavy (non-hydrogen) atoms. The van der Waals surface area contributed by atoms with Crippen LogP contribution in [0.1, 0.15) is 105 Å². The van der Waals surface area contributed by atoms with Crippen molar-refractivity contribution in [1.82, 2.24) is 5.32 Å². The molecule has 0 aliphatic heterocycles. The quantitative estimate of drug-likeness (QED) is 0.241. The Morgan fingerprint density at radius 1 is 1.11 bits per heavy atom. The second-order valence-corrected chi connectivity index (χ2v) is 13.6. The molecule has 4 aliphatic carbocycles. The SMILES string of the molecule is CC(C)CCCC(C)C1CCC2C3CC=C4CC(OCCNCC(=O)O)CCC4(C)C3CCC12C. The standard InChI is InChI=1S/C31H53NO3/c1-21(2)7-6-8-22(3)26-11-12-27-25-10-9-23-19-24(35-18-17-32-20-29(33)34)13-15-30(23,4)28(25)14-16-31(26,27)5/h9,21-22,24-28,32H,6-8,10-20H2,1-5H3,(H,33,34). The van der Waals surface area contributed by atoms with Gasteiger partial charge >= 0.3 is 5.97 Å². The van der Waals surface area contributed by atoms with Gasteiger partial charge in [0.15, 0.2) is 0 Å². The van der Waals surface area contributed by atoms with Crippen molar-refractivity contribution in [3.8, 4) is 0 Å². The predicted molar refractivity (Wildman–Crippen MR) is 143 cm³/mol. The first-order chi connectivity index (χ1) is 16.6. The number of fused-ring (bicyclic) bond motifs is 5. The first-order valence-corrected chi connectivity index (χ1v) is 14.9. The number of carboxylic acid groups (broad SMARTS) is 1. The van der Waals surface area contributed by atoms with Crippen LogP contribution in [0, 0.1) is 46.3 Å². The van der Waals surface area contributed by atoms with Gasteiger partial charge in [-0.1, -0.05) is 65.5 Å². The molecule has 8 atom stereocenters. The molecule has 3 saturated carbocycles. The molecule has 0 saturated heterocycles. The van der Waals surface area contributed by atoms with Crippen LogP contribution in [0.4, 0.5) is 0 Å².